The van der Waals surface area contributed by atoms with Gasteiger partial charge in [0.15, 0.2) is 0 Å². The third kappa shape index (κ3) is 4.89. The van der Waals surface area contributed by atoms with Crippen molar-refractivity contribution in [2.75, 3.05) is 0 Å². The van der Waals surface area contributed by atoms with Gasteiger partial charge in [0.05, 0.1) is 10.9 Å². The lowest BCUT2D eigenvalue weighted by Gasteiger charge is -2.15. The van der Waals surface area contributed by atoms with E-state index in [1.807, 2.05) is 6.92 Å². The van der Waals surface area contributed by atoms with Crippen LogP contribution in [-0.4, -0.2) is 20.4 Å². The minimum atomic E-state index is -3.62. The van der Waals surface area contributed by atoms with E-state index in [1.165, 1.54) is 30.3 Å². The molecule has 1 amide bonds. The molecule has 0 radical (unpaired) electrons. The highest BCUT2D eigenvalue weighted by Gasteiger charge is 2.18. The predicted molar refractivity (Wildman–Crippen MR) is 98.8 cm³/mol. The summed E-state index contributed by atoms with van der Waals surface area (Å²) in [4.78, 5) is 12.4. The van der Waals surface area contributed by atoms with Crippen LogP contribution >= 0.6 is 0 Å². The van der Waals surface area contributed by atoms with E-state index in [4.69, 9.17) is 0 Å². The summed E-state index contributed by atoms with van der Waals surface area (Å²) in [6.07, 6.45) is 0.674. The van der Waals surface area contributed by atoms with Crippen molar-refractivity contribution in [3.63, 3.8) is 0 Å². The number of sulfonamides is 1. The van der Waals surface area contributed by atoms with Crippen molar-refractivity contribution in [3.05, 3.63) is 65.5 Å². The second-order valence-electron chi connectivity index (χ2n) is 6.17. The van der Waals surface area contributed by atoms with Gasteiger partial charge in [0.25, 0.3) is 5.91 Å². The summed E-state index contributed by atoms with van der Waals surface area (Å²) >= 11 is 0. The molecule has 2 rings (SSSR count). The van der Waals surface area contributed by atoms with Crippen molar-refractivity contribution in [3.8, 4) is 0 Å². The van der Waals surface area contributed by atoms with Crippen molar-refractivity contribution in [1.82, 2.24) is 10.0 Å². The molecule has 0 saturated heterocycles. The lowest BCUT2D eigenvalue weighted by Crippen LogP contribution is -2.32. The molecule has 2 aromatic carbocycles. The molecule has 0 fully saturated rings. The topological polar surface area (TPSA) is 75.3 Å². The largest absolute Gasteiger partial charge is 0.345 e. The normalized spacial score (nSPS) is 13.8. The molecule has 2 atom stereocenters. The number of hydrogen-bond donors (Lipinski definition) is 2. The van der Waals surface area contributed by atoms with E-state index >= 15 is 0 Å². The van der Waals surface area contributed by atoms with E-state index in [-0.39, 0.29) is 10.9 Å². The minimum Gasteiger partial charge on any atom is -0.345 e. The smallest absolute Gasteiger partial charge is 0.251 e. The molecule has 5 nitrogen and oxygen atoms in total. The Morgan fingerprint density at radius 2 is 1.69 bits per heavy atom. The molecule has 7 heteroatoms. The van der Waals surface area contributed by atoms with Gasteiger partial charge in [-0.25, -0.2) is 17.5 Å². The van der Waals surface area contributed by atoms with Crippen LogP contribution in [0.5, 0.6) is 0 Å². The average Bonchev–Trinajstić information content (AvgIpc) is 2.61. The molecule has 0 spiro atoms. The number of halogens is 1. The Bertz CT molecular complexity index is 867. The number of carbonyl (C=O) groups excluding carboxylic acids is 1. The van der Waals surface area contributed by atoms with Gasteiger partial charge in [-0.3, -0.25) is 4.79 Å². The number of hydrogen-bond acceptors (Lipinski definition) is 3. The second-order valence-corrected chi connectivity index (χ2v) is 7.89. The van der Waals surface area contributed by atoms with E-state index in [9.17, 15) is 17.6 Å². The van der Waals surface area contributed by atoms with Crippen LogP contribution in [-0.2, 0) is 10.0 Å². The van der Waals surface area contributed by atoms with Gasteiger partial charge in [-0.2, -0.15) is 0 Å². The molecule has 140 valence electrons. The number of nitrogens with one attached hydrogen (secondary N) is 2. The molecule has 2 aromatic rings. The number of rotatable bonds is 7. The van der Waals surface area contributed by atoms with Crippen LogP contribution < -0.4 is 10.0 Å². The van der Waals surface area contributed by atoms with Gasteiger partial charge >= 0.3 is 0 Å². The Balaban J connectivity index is 2.10. The van der Waals surface area contributed by atoms with E-state index in [0.29, 0.717) is 17.5 Å². The summed E-state index contributed by atoms with van der Waals surface area (Å²) in [6.45, 7) is 5.35. The standard InChI is InChI=1S/C19H23FN2O3S/c1-4-13(2)22-26(24,25)16-11-9-15(10-12-16)19(23)21-14(3)17-7-5-6-8-18(17)20/h5-14,22H,4H2,1-3H3,(H,21,23)/t13-,14-/m1/s1. The Kier molecular flexibility index (Phi) is 6.50. The molecule has 0 bridgehead atoms. The van der Waals surface area contributed by atoms with E-state index in [1.54, 1.807) is 32.0 Å². The summed E-state index contributed by atoms with van der Waals surface area (Å²) in [5.41, 5.74) is 0.688. The van der Waals surface area contributed by atoms with E-state index < -0.39 is 27.8 Å². The Morgan fingerprint density at radius 1 is 1.08 bits per heavy atom. The molecular formula is C19H23FN2O3S. The maximum absolute atomic E-state index is 13.8. The van der Waals surface area contributed by atoms with Crippen LogP contribution in [0.15, 0.2) is 53.4 Å². The predicted octanol–water partition coefficient (Wildman–Crippen LogP) is 3.39. The lowest BCUT2D eigenvalue weighted by molar-refractivity contribution is 0.0939. The van der Waals surface area contributed by atoms with Crippen molar-refractivity contribution in [2.24, 2.45) is 0 Å². The third-order valence-corrected chi connectivity index (χ3v) is 5.72. The number of carbonyl (C=O) groups is 1. The first-order chi connectivity index (χ1) is 12.2. The zero-order valence-corrected chi connectivity index (χ0v) is 15.8. The lowest BCUT2D eigenvalue weighted by atomic mass is 10.1. The monoisotopic (exact) mass is 378 g/mol. The molecule has 0 aliphatic carbocycles. The molecule has 0 aliphatic heterocycles. The molecule has 0 unspecified atom stereocenters. The van der Waals surface area contributed by atoms with Crippen LogP contribution in [0.3, 0.4) is 0 Å². The van der Waals surface area contributed by atoms with Crippen LogP contribution in [0, 0.1) is 5.82 Å². The van der Waals surface area contributed by atoms with Crippen LogP contribution in [0.25, 0.3) is 0 Å². The van der Waals surface area contributed by atoms with Gasteiger partial charge in [-0.15, -0.1) is 0 Å². The van der Waals surface area contributed by atoms with E-state index in [2.05, 4.69) is 10.0 Å². The number of amides is 1. The molecule has 0 aliphatic rings. The fourth-order valence-corrected chi connectivity index (χ4v) is 3.71. The highest BCUT2D eigenvalue weighted by molar-refractivity contribution is 7.89. The van der Waals surface area contributed by atoms with Gasteiger partial charge in [0.1, 0.15) is 5.82 Å². The Hall–Kier alpha value is -2.25. The maximum atomic E-state index is 13.8. The summed E-state index contributed by atoms with van der Waals surface area (Å²) in [5, 5.41) is 2.71. The van der Waals surface area contributed by atoms with Crippen LogP contribution in [0.2, 0.25) is 0 Å². The molecular weight excluding hydrogens is 355 g/mol. The zero-order valence-electron chi connectivity index (χ0n) is 15.0. The fourth-order valence-electron chi connectivity index (χ4n) is 2.39. The SMILES string of the molecule is CC[C@@H](C)NS(=O)(=O)c1ccc(C(=O)N[C@H](C)c2ccccc2F)cc1. The first kappa shape index (κ1) is 20.1. The molecule has 0 saturated carbocycles. The van der Waals surface area contributed by atoms with Crippen LogP contribution in [0.1, 0.15) is 49.2 Å². The molecule has 0 aromatic heterocycles. The summed E-state index contributed by atoms with van der Waals surface area (Å²) in [5.74, 6) is -0.794. The highest BCUT2D eigenvalue weighted by Crippen LogP contribution is 2.17. The Morgan fingerprint density at radius 3 is 2.27 bits per heavy atom. The summed E-state index contributed by atoms with van der Waals surface area (Å²) in [6, 6.07) is 11.2. The second kappa shape index (κ2) is 8.42. The van der Waals surface area contributed by atoms with Gasteiger partial charge in [-0.1, -0.05) is 25.1 Å². The van der Waals surface area contributed by atoms with Crippen molar-refractivity contribution in [2.45, 2.75) is 44.2 Å². The van der Waals surface area contributed by atoms with E-state index in [0.717, 1.165) is 0 Å². The maximum Gasteiger partial charge on any atom is 0.251 e. The summed E-state index contributed by atoms with van der Waals surface area (Å²) in [7, 11) is -3.62. The van der Waals surface area contributed by atoms with Gasteiger partial charge in [0.2, 0.25) is 10.0 Å². The summed E-state index contributed by atoms with van der Waals surface area (Å²) < 4.78 is 40.8. The fraction of sp³-hybridized carbons (Fsp3) is 0.316. The molecule has 26 heavy (non-hydrogen) atoms. The first-order valence-electron chi connectivity index (χ1n) is 8.42. The van der Waals surface area contributed by atoms with Crippen molar-refractivity contribution < 1.29 is 17.6 Å². The van der Waals surface area contributed by atoms with Gasteiger partial charge in [0, 0.05) is 17.2 Å². The van der Waals surface area contributed by atoms with Gasteiger partial charge in [-0.05, 0) is 50.6 Å². The molecule has 0 heterocycles. The highest BCUT2D eigenvalue weighted by atomic mass is 32.2. The Labute approximate surface area is 153 Å². The van der Waals surface area contributed by atoms with Crippen molar-refractivity contribution in [1.29, 1.82) is 0 Å². The van der Waals surface area contributed by atoms with Gasteiger partial charge < -0.3 is 5.32 Å². The van der Waals surface area contributed by atoms with Crippen LogP contribution in [0.4, 0.5) is 4.39 Å². The minimum absolute atomic E-state index is 0.0940. The quantitative estimate of drug-likeness (QED) is 0.775. The first-order valence-corrected chi connectivity index (χ1v) is 9.90. The zero-order chi connectivity index (χ0) is 19.3. The third-order valence-electron chi connectivity index (χ3n) is 4.11. The van der Waals surface area contributed by atoms with Crippen molar-refractivity contribution >= 4 is 15.9 Å². The number of benzene rings is 2. The molecule has 2 N–H and O–H groups in total. The average molecular weight is 378 g/mol.